The molecule has 17 heavy (non-hydrogen) atoms. The first kappa shape index (κ1) is 11.9. The fraction of sp³-hybridized carbons (Fsp3) is 0.417. The number of para-hydroxylation sites is 1. The summed E-state index contributed by atoms with van der Waals surface area (Å²) in [7, 11) is 1.35. The zero-order valence-corrected chi connectivity index (χ0v) is 9.55. The van der Waals surface area contributed by atoms with E-state index in [1.807, 2.05) is 6.07 Å². The number of benzene rings is 1. The number of hydrogen-bond donors (Lipinski definition) is 2. The predicted octanol–water partition coefficient (Wildman–Crippen LogP) is 0.595. The molecular formula is C12H15NO4. The number of esters is 1. The van der Waals surface area contributed by atoms with Crippen molar-refractivity contribution in [1.29, 1.82) is 0 Å². The first-order chi connectivity index (χ1) is 8.22. The van der Waals surface area contributed by atoms with Gasteiger partial charge in [-0.1, -0.05) is 18.2 Å². The molecule has 0 bridgehead atoms. The number of nitrogens with one attached hydrogen (secondary N) is 1. The van der Waals surface area contributed by atoms with E-state index < -0.39 is 6.04 Å². The largest absolute Gasteiger partial charge is 0.508 e. The van der Waals surface area contributed by atoms with Gasteiger partial charge in [-0.2, -0.15) is 0 Å². The molecule has 0 aliphatic carbocycles. The van der Waals surface area contributed by atoms with Crippen LogP contribution in [0, 0.1) is 0 Å². The Balaban J connectivity index is 2.00. The second-order valence-corrected chi connectivity index (χ2v) is 3.86. The minimum Gasteiger partial charge on any atom is -0.508 e. The molecular weight excluding hydrogens is 222 g/mol. The standard InChI is InChI=1S/C12H15NO4/c1-16-12(15)9-7-17-11(6-13-9)8-4-2-3-5-10(8)14/h2-5,9,11,13-14H,6-7H2,1H3. The van der Waals surface area contributed by atoms with Crippen molar-refractivity contribution < 1.29 is 19.4 Å². The fourth-order valence-corrected chi connectivity index (χ4v) is 1.83. The van der Waals surface area contributed by atoms with Crippen LogP contribution in [0.15, 0.2) is 24.3 Å². The predicted molar refractivity (Wildman–Crippen MR) is 60.6 cm³/mol. The Morgan fingerprint density at radius 2 is 2.29 bits per heavy atom. The number of carbonyl (C=O) groups excluding carboxylic acids is 1. The van der Waals surface area contributed by atoms with Crippen molar-refractivity contribution in [3.63, 3.8) is 0 Å². The van der Waals surface area contributed by atoms with Gasteiger partial charge in [-0.05, 0) is 6.07 Å². The monoisotopic (exact) mass is 237 g/mol. The smallest absolute Gasteiger partial charge is 0.325 e. The summed E-state index contributed by atoms with van der Waals surface area (Å²) in [6.07, 6.45) is -0.239. The van der Waals surface area contributed by atoms with Crippen LogP contribution in [0.4, 0.5) is 0 Å². The first-order valence-corrected chi connectivity index (χ1v) is 5.43. The molecule has 0 radical (unpaired) electrons. The molecule has 2 atom stereocenters. The highest BCUT2D eigenvalue weighted by atomic mass is 16.5. The summed E-state index contributed by atoms with van der Waals surface area (Å²) in [6, 6.07) is 6.59. The van der Waals surface area contributed by atoms with Crippen molar-refractivity contribution >= 4 is 5.97 Å². The third-order valence-electron chi connectivity index (χ3n) is 2.78. The van der Waals surface area contributed by atoms with Crippen molar-refractivity contribution in [2.24, 2.45) is 0 Å². The van der Waals surface area contributed by atoms with Gasteiger partial charge in [-0.15, -0.1) is 0 Å². The van der Waals surface area contributed by atoms with Crippen LogP contribution in [0.3, 0.4) is 0 Å². The van der Waals surface area contributed by atoms with E-state index in [0.717, 1.165) is 5.56 Å². The number of carbonyl (C=O) groups is 1. The van der Waals surface area contributed by atoms with Gasteiger partial charge in [0.25, 0.3) is 0 Å². The number of morpholine rings is 1. The van der Waals surface area contributed by atoms with Gasteiger partial charge in [0.2, 0.25) is 0 Å². The molecule has 0 spiro atoms. The number of phenols is 1. The lowest BCUT2D eigenvalue weighted by atomic mass is 10.1. The zero-order valence-electron chi connectivity index (χ0n) is 9.55. The van der Waals surface area contributed by atoms with Crippen molar-refractivity contribution in [1.82, 2.24) is 5.32 Å². The normalized spacial score (nSPS) is 24.3. The highest BCUT2D eigenvalue weighted by Gasteiger charge is 2.28. The van der Waals surface area contributed by atoms with Gasteiger partial charge < -0.3 is 14.6 Å². The minimum atomic E-state index is -0.429. The molecule has 5 nitrogen and oxygen atoms in total. The van der Waals surface area contributed by atoms with Crippen molar-refractivity contribution in [3.8, 4) is 5.75 Å². The SMILES string of the molecule is COC(=O)C1COC(c2ccccc2O)CN1. The zero-order chi connectivity index (χ0) is 12.3. The van der Waals surface area contributed by atoms with Crippen LogP contribution in [0.1, 0.15) is 11.7 Å². The molecule has 2 unspecified atom stereocenters. The quantitative estimate of drug-likeness (QED) is 0.737. The molecule has 1 aromatic carbocycles. The number of rotatable bonds is 2. The Kier molecular flexibility index (Phi) is 3.61. The molecule has 0 saturated carbocycles. The Bertz CT molecular complexity index is 399. The number of ether oxygens (including phenoxy) is 2. The maximum Gasteiger partial charge on any atom is 0.325 e. The maximum atomic E-state index is 11.3. The molecule has 1 saturated heterocycles. The summed E-state index contributed by atoms with van der Waals surface area (Å²) in [5.74, 6) is -0.128. The summed E-state index contributed by atoms with van der Waals surface area (Å²) in [5.41, 5.74) is 0.725. The number of hydrogen-bond acceptors (Lipinski definition) is 5. The molecule has 0 aromatic heterocycles. The van der Waals surface area contributed by atoms with Crippen LogP contribution in [0.5, 0.6) is 5.75 Å². The van der Waals surface area contributed by atoms with E-state index in [4.69, 9.17) is 4.74 Å². The first-order valence-electron chi connectivity index (χ1n) is 5.43. The molecule has 2 N–H and O–H groups in total. The molecule has 1 aromatic rings. The maximum absolute atomic E-state index is 11.3. The van der Waals surface area contributed by atoms with Gasteiger partial charge in [0.1, 0.15) is 11.8 Å². The Morgan fingerprint density at radius 3 is 2.88 bits per heavy atom. The van der Waals surface area contributed by atoms with Gasteiger partial charge >= 0.3 is 5.97 Å². The Labute approximate surface area is 99.3 Å². The molecule has 1 heterocycles. The molecule has 5 heteroatoms. The fourth-order valence-electron chi connectivity index (χ4n) is 1.83. The molecule has 2 rings (SSSR count). The molecule has 1 aliphatic rings. The van der Waals surface area contributed by atoms with Crippen LogP contribution >= 0.6 is 0 Å². The van der Waals surface area contributed by atoms with E-state index in [1.54, 1.807) is 18.2 Å². The van der Waals surface area contributed by atoms with Crippen LogP contribution in [0.25, 0.3) is 0 Å². The van der Waals surface area contributed by atoms with Gasteiger partial charge in [0.15, 0.2) is 0 Å². The summed E-state index contributed by atoms with van der Waals surface area (Å²) in [4.78, 5) is 11.3. The van der Waals surface area contributed by atoms with E-state index in [0.29, 0.717) is 6.54 Å². The van der Waals surface area contributed by atoms with Crippen LogP contribution in [-0.4, -0.2) is 37.4 Å². The molecule has 1 aliphatic heterocycles. The molecule has 1 fully saturated rings. The third kappa shape index (κ3) is 2.57. The highest BCUT2D eigenvalue weighted by Crippen LogP contribution is 2.27. The molecule has 0 amide bonds. The lowest BCUT2D eigenvalue weighted by Gasteiger charge is -2.29. The van der Waals surface area contributed by atoms with Crippen LogP contribution in [0.2, 0.25) is 0 Å². The average Bonchev–Trinajstić information content (AvgIpc) is 2.39. The lowest BCUT2D eigenvalue weighted by Crippen LogP contribution is -2.48. The van der Waals surface area contributed by atoms with Crippen molar-refractivity contribution in [2.45, 2.75) is 12.1 Å². The topological polar surface area (TPSA) is 67.8 Å². The number of aromatic hydroxyl groups is 1. The van der Waals surface area contributed by atoms with Gasteiger partial charge in [0, 0.05) is 12.1 Å². The molecule has 92 valence electrons. The number of methoxy groups -OCH3 is 1. The van der Waals surface area contributed by atoms with Crippen molar-refractivity contribution in [2.75, 3.05) is 20.3 Å². The second kappa shape index (κ2) is 5.16. The minimum absolute atomic E-state index is 0.204. The summed E-state index contributed by atoms with van der Waals surface area (Å²) in [6.45, 7) is 0.711. The highest BCUT2D eigenvalue weighted by molar-refractivity contribution is 5.75. The van der Waals surface area contributed by atoms with E-state index in [1.165, 1.54) is 7.11 Å². The second-order valence-electron chi connectivity index (χ2n) is 3.86. The van der Waals surface area contributed by atoms with E-state index in [-0.39, 0.29) is 24.4 Å². The van der Waals surface area contributed by atoms with E-state index in [9.17, 15) is 9.90 Å². The van der Waals surface area contributed by atoms with Crippen molar-refractivity contribution in [3.05, 3.63) is 29.8 Å². The van der Waals surface area contributed by atoms with Gasteiger partial charge in [0.05, 0.1) is 19.8 Å². The summed E-state index contributed by atoms with van der Waals surface area (Å²) < 4.78 is 10.2. The van der Waals surface area contributed by atoms with Crippen LogP contribution < -0.4 is 5.32 Å². The third-order valence-corrected chi connectivity index (χ3v) is 2.78. The average molecular weight is 237 g/mol. The summed E-state index contributed by atoms with van der Waals surface area (Å²) >= 11 is 0. The lowest BCUT2D eigenvalue weighted by molar-refractivity contribution is -0.147. The van der Waals surface area contributed by atoms with E-state index >= 15 is 0 Å². The Morgan fingerprint density at radius 1 is 1.53 bits per heavy atom. The van der Waals surface area contributed by atoms with E-state index in [2.05, 4.69) is 10.1 Å². The number of phenolic OH excluding ortho intramolecular Hbond substituents is 1. The van der Waals surface area contributed by atoms with Gasteiger partial charge in [-0.3, -0.25) is 10.1 Å². The summed E-state index contributed by atoms with van der Waals surface area (Å²) in [5, 5.41) is 12.7. The van der Waals surface area contributed by atoms with Crippen LogP contribution in [-0.2, 0) is 14.3 Å². The van der Waals surface area contributed by atoms with Gasteiger partial charge in [-0.25, -0.2) is 0 Å². The Hall–Kier alpha value is -1.59.